The maximum Gasteiger partial charge on any atom is 0.263 e. The second-order valence-electron chi connectivity index (χ2n) is 6.40. The largest absolute Gasteiger partial charge is 0.338 e. The lowest BCUT2D eigenvalue weighted by atomic mass is 9.98. The number of piperidine rings is 1. The average Bonchev–Trinajstić information content (AvgIpc) is 2.97. The van der Waals surface area contributed by atoms with Crippen molar-refractivity contribution in [1.29, 1.82) is 0 Å². The highest BCUT2D eigenvalue weighted by atomic mass is 32.1. The highest BCUT2D eigenvalue weighted by Gasteiger charge is 2.25. The number of halogens is 1. The number of aryl methyl sites for hydroxylation is 1. The van der Waals surface area contributed by atoms with Crippen LogP contribution >= 0.6 is 11.3 Å². The van der Waals surface area contributed by atoms with Gasteiger partial charge in [0.05, 0.1) is 4.88 Å². The highest BCUT2D eigenvalue weighted by Crippen LogP contribution is 2.32. The number of amides is 1. The van der Waals surface area contributed by atoms with E-state index < -0.39 is 0 Å². The van der Waals surface area contributed by atoms with Crippen LogP contribution in [0.25, 0.3) is 11.1 Å². The Morgan fingerprint density at radius 1 is 1.38 bits per heavy atom. The number of benzene rings is 1. The number of nitrogens with one attached hydrogen (secondary N) is 1. The molecule has 1 aromatic carbocycles. The van der Waals surface area contributed by atoms with E-state index in [-0.39, 0.29) is 11.7 Å². The molecule has 1 N–H and O–H groups in total. The summed E-state index contributed by atoms with van der Waals surface area (Å²) >= 11 is 1.53. The lowest BCUT2D eigenvalue weighted by Crippen LogP contribution is -2.42. The van der Waals surface area contributed by atoms with Gasteiger partial charge in [-0.15, -0.1) is 11.3 Å². The SMILES string of the molecule is CNCC1CCCN(C(=O)c2cc(-c3ccc(F)cc3)c(C)s2)C1. The summed E-state index contributed by atoms with van der Waals surface area (Å²) in [5.74, 6) is 0.411. The Bertz CT molecular complexity index is 709. The number of carbonyl (C=O) groups excluding carboxylic acids is 1. The van der Waals surface area contributed by atoms with Crippen LogP contribution in [0, 0.1) is 18.7 Å². The van der Waals surface area contributed by atoms with E-state index in [1.165, 1.54) is 29.9 Å². The molecule has 1 aliphatic rings. The number of hydrogen-bond donors (Lipinski definition) is 1. The minimum atomic E-state index is -0.244. The molecule has 0 spiro atoms. The first-order valence-corrected chi connectivity index (χ1v) is 9.20. The Morgan fingerprint density at radius 3 is 2.83 bits per heavy atom. The van der Waals surface area contributed by atoms with Gasteiger partial charge in [0.25, 0.3) is 5.91 Å². The predicted octanol–water partition coefficient (Wildman–Crippen LogP) is 3.93. The molecule has 3 nitrogen and oxygen atoms in total. The summed E-state index contributed by atoms with van der Waals surface area (Å²) in [5.41, 5.74) is 1.98. The molecule has 2 heterocycles. The van der Waals surface area contributed by atoms with E-state index in [1.807, 2.05) is 24.9 Å². The summed E-state index contributed by atoms with van der Waals surface area (Å²) in [4.78, 5) is 16.7. The van der Waals surface area contributed by atoms with Crippen molar-refractivity contribution < 1.29 is 9.18 Å². The van der Waals surface area contributed by atoms with Crippen molar-refractivity contribution in [3.63, 3.8) is 0 Å². The highest BCUT2D eigenvalue weighted by molar-refractivity contribution is 7.14. The average molecular weight is 346 g/mol. The zero-order chi connectivity index (χ0) is 17.1. The molecular weight excluding hydrogens is 323 g/mol. The lowest BCUT2D eigenvalue weighted by molar-refractivity contribution is 0.0679. The summed E-state index contributed by atoms with van der Waals surface area (Å²) in [7, 11) is 1.96. The summed E-state index contributed by atoms with van der Waals surface area (Å²) in [5, 5.41) is 3.21. The van der Waals surface area contributed by atoms with Gasteiger partial charge < -0.3 is 10.2 Å². The van der Waals surface area contributed by atoms with Crippen molar-refractivity contribution in [2.45, 2.75) is 19.8 Å². The Hall–Kier alpha value is -1.72. The van der Waals surface area contributed by atoms with Crippen LogP contribution in [0.3, 0.4) is 0 Å². The van der Waals surface area contributed by atoms with Gasteiger partial charge in [-0.2, -0.15) is 0 Å². The van der Waals surface area contributed by atoms with E-state index in [4.69, 9.17) is 0 Å². The van der Waals surface area contributed by atoms with Crippen LogP contribution in [0.15, 0.2) is 30.3 Å². The van der Waals surface area contributed by atoms with Crippen molar-refractivity contribution in [3.05, 3.63) is 45.9 Å². The van der Waals surface area contributed by atoms with Crippen LogP contribution in [0.4, 0.5) is 4.39 Å². The quantitative estimate of drug-likeness (QED) is 0.910. The van der Waals surface area contributed by atoms with E-state index >= 15 is 0 Å². The molecule has 1 unspecified atom stereocenters. The Labute approximate surface area is 146 Å². The summed E-state index contributed by atoms with van der Waals surface area (Å²) < 4.78 is 13.1. The van der Waals surface area contributed by atoms with Crippen LogP contribution in [-0.2, 0) is 0 Å². The van der Waals surface area contributed by atoms with Crippen LogP contribution in [0.5, 0.6) is 0 Å². The number of rotatable bonds is 4. The van der Waals surface area contributed by atoms with Gasteiger partial charge in [-0.1, -0.05) is 12.1 Å². The fourth-order valence-electron chi connectivity index (χ4n) is 3.36. The smallest absolute Gasteiger partial charge is 0.263 e. The Kier molecular flexibility index (Phi) is 5.31. The van der Waals surface area contributed by atoms with E-state index in [0.29, 0.717) is 5.92 Å². The molecule has 1 aromatic heterocycles. The zero-order valence-corrected chi connectivity index (χ0v) is 15.0. The van der Waals surface area contributed by atoms with Gasteiger partial charge in [-0.3, -0.25) is 4.79 Å². The van der Waals surface area contributed by atoms with Crippen molar-refractivity contribution in [2.75, 3.05) is 26.7 Å². The van der Waals surface area contributed by atoms with Crippen molar-refractivity contribution in [2.24, 2.45) is 5.92 Å². The Morgan fingerprint density at radius 2 is 2.12 bits per heavy atom. The molecule has 2 aromatic rings. The van der Waals surface area contributed by atoms with E-state index in [0.717, 1.165) is 46.9 Å². The molecule has 128 valence electrons. The van der Waals surface area contributed by atoms with Gasteiger partial charge in [0.15, 0.2) is 0 Å². The molecule has 1 aliphatic heterocycles. The Balaban J connectivity index is 1.78. The minimum Gasteiger partial charge on any atom is -0.338 e. The first kappa shape index (κ1) is 17.1. The second-order valence-corrected chi connectivity index (χ2v) is 7.66. The standard InChI is InChI=1S/C19H23FN2OS/c1-13-17(15-5-7-16(20)8-6-15)10-18(24-13)19(23)22-9-3-4-14(12-22)11-21-2/h5-8,10,14,21H,3-4,9,11-12H2,1-2H3. The van der Waals surface area contributed by atoms with Gasteiger partial charge in [0.1, 0.15) is 5.82 Å². The molecule has 1 saturated heterocycles. The molecule has 0 bridgehead atoms. The maximum absolute atomic E-state index is 13.1. The molecule has 24 heavy (non-hydrogen) atoms. The summed E-state index contributed by atoms with van der Waals surface area (Å²) in [6, 6.07) is 8.41. The number of likely N-dealkylation sites (tertiary alicyclic amines) is 1. The van der Waals surface area contributed by atoms with Crippen molar-refractivity contribution in [3.8, 4) is 11.1 Å². The molecule has 1 fully saturated rings. The van der Waals surface area contributed by atoms with Gasteiger partial charge in [0.2, 0.25) is 0 Å². The molecule has 1 atom stereocenters. The summed E-state index contributed by atoms with van der Waals surface area (Å²) in [6.07, 6.45) is 2.24. The molecule has 5 heteroatoms. The normalized spacial score (nSPS) is 18.0. The van der Waals surface area contributed by atoms with Crippen LogP contribution in [0.1, 0.15) is 27.4 Å². The van der Waals surface area contributed by atoms with Gasteiger partial charge in [-0.05, 0) is 68.6 Å². The molecule has 0 aliphatic carbocycles. The van der Waals surface area contributed by atoms with E-state index in [9.17, 15) is 9.18 Å². The van der Waals surface area contributed by atoms with E-state index in [1.54, 1.807) is 12.1 Å². The van der Waals surface area contributed by atoms with Crippen molar-refractivity contribution in [1.82, 2.24) is 10.2 Å². The maximum atomic E-state index is 13.1. The topological polar surface area (TPSA) is 32.3 Å². The molecule has 0 saturated carbocycles. The van der Waals surface area contributed by atoms with Gasteiger partial charge in [0, 0.05) is 18.0 Å². The minimum absolute atomic E-state index is 0.122. The number of carbonyl (C=O) groups is 1. The predicted molar refractivity (Wildman–Crippen MR) is 97.0 cm³/mol. The third-order valence-corrected chi connectivity index (χ3v) is 5.62. The van der Waals surface area contributed by atoms with Crippen molar-refractivity contribution >= 4 is 17.2 Å². The first-order valence-electron chi connectivity index (χ1n) is 8.38. The lowest BCUT2D eigenvalue weighted by Gasteiger charge is -2.32. The van der Waals surface area contributed by atoms with E-state index in [2.05, 4.69) is 5.32 Å². The third-order valence-electron chi connectivity index (χ3n) is 4.58. The number of hydrogen-bond acceptors (Lipinski definition) is 3. The zero-order valence-electron chi connectivity index (χ0n) is 14.1. The second kappa shape index (κ2) is 7.45. The number of thiophene rings is 1. The molecular formula is C19H23FN2OS. The third kappa shape index (κ3) is 3.68. The van der Waals surface area contributed by atoms with Crippen LogP contribution in [0.2, 0.25) is 0 Å². The fraction of sp³-hybridized carbons (Fsp3) is 0.421. The molecule has 3 rings (SSSR count). The number of nitrogens with zero attached hydrogens (tertiary/aromatic N) is 1. The molecule has 0 radical (unpaired) electrons. The van der Waals surface area contributed by atoms with Crippen LogP contribution in [-0.4, -0.2) is 37.5 Å². The summed E-state index contributed by atoms with van der Waals surface area (Å²) in [6.45, 7) is 4.62. The monoisotopic (exact) mass is 346 g/mol. The fourth-order valence-corrected chi connectivity index (χ4v) is 4.37. The molecule has 1 amide bonds. The van der Waals surface area contributed by atoms with Gasteiger partial charge in [-0.25, -0.2) is 4.39 Å². The van der Waals surface area contributed by atoms with Gasteiger partial charge >= 0.3 is 0 Å². The first-order chi connectivity index (χ1) is 11.6. The van der Waals surface area contributed by atoms with Crippen LogP contribution < -0.4 is 5.32 Å².